The molecule has 33 heavy (non-hydrogen) atoms. The Bertz CT molecular complexity index is 1070. The number of nitrogens with one attached hydrogen (secondary N) is 2. The number of carbonyl (C=O) groups is 1. The van der Waals surface area contributed by atoms with Crippen LogP contribution in [-0.4, -0.2) is 56.6 Å². The summed E-state index contributed by atoms with van der Waals surface area (Å²) in [6.07, 6.45) is 1.33. The maximum atomic E-state index is 14.1. The fraction of sp³-hybridized carbons (Fsp3) is 0.500. The van der Waals surface area contributed by atoms with E-state index in [1.807, 2.05) is 51.4 Å². The van der Waals surface area contributed by atoms with Crippen LogP contribution in [0, 0.1) is 12.7 Å². The minimum atomic E-state index is -4.35. The molecule has 0 aliphatic carbocycles. The van der Waals surface area contributed by atoms with Crippen molar-refractivity contribution in [1.29, 1.82) is 0 Å². The quantitative estimate of drug-likeness (QED) is 0.562. The summed E-state index contributed by atoms with van der Waals surface area (Å²) < 4.78 is 47.3. The van der Waals surface area contributed by atoms with E-state index in [1.165, 1.54) is 25.3 Å². The maximum Gasteiger partial charge on any atom is 0.333 e. The van der Waals surface area contributed by atoms with Crippen LogP contribution in [-0.2, 0) is 10.0 Å². The van der Waals surface area contributed by atoms with E-state index >= 15 is 0 Å². The van der Waals surface area contributed by atoms with Gasteiger partial charge in [-0.3, -0.25) is 4.98 Å². The zero-order valence-corrected chi connectivity index (χ0v) is 20.9. The van der Waals surface area contributed by atoms with E-state index in [2.05, 4.69) is 15.3 Å². The Kier molecular flexibility index (Phi) is 8.73. The van der Waals surface area contributed by atoms with Gasteiger partial charge in [-0.15, -0.1) is 0 Å². The standard InChI is InChI=1S/C22H32FN5O4S/c1-13(2)17-10-16(23)11-18(14(3)4)20(17)26-22(29)27-33(30,31)21-15(5)24-12-19(25-21)32-9-8-28(6)7/h10-14H,8-9H2,1-7H3,(H2,26,27,29). The van der Waals surface area contributed by atoms with E-state index in [-0.39, 0.29) is 23.4 Å². The van der Waals surface area contributed by atoms with Crippen LogP contribution >= 0.6 is 0 Å². The molecule has 2 N–H and O–H groups in total. The second-order valence-corrected chi connectivity index (χ2v) is 10.2. The molecule has 0 aliphatic rings. The summed E-state index contributed by atoms with van der Waals surface area (Å²) >= 11 is 0. The molecule has 0 saturated carbocycles. The first-order valence-corrected chi connectivity index (χ1v) is 12.1. The molecule has 0 fully saturated rings. The Hall–Kier alpha value is -2.79. The van der Waals surface area contributed by atoms with E-state index in [1.54, 1.807) is 0 Å². The third kappa shape index (κ3) is 7.10. The van der Waals surface area contributed by atoms with Crippen LogP contribution in [0.2, 0.25) is 0 Å². The molecule has 2 amide bonds. The minimum Gasteiger partial charge on any atom is -0.475 e. The van der Waals surface area contributed by atoms with Crippen LogP contribution in [0.15, 0.2) is 23.4 Å². The van der Waals surface area contributed by atoms with Gasteiger partial charge in [0, 0.05) is 12.2 Å². The molecule has 0 spiro atoms. The summed E-state index contributed by atoms with van der Waals surface area (Å²) in [7, 11) is -0.600. The van der Waals surface area contributed by atoms with Gasteiger partial charge in [-0.05, 0) is 56.1 Å². The second kappa shape index (κ2) is 10.9. The fourth-order valence-corrected chi connectivity index (χ4v) is 4.13. The lowest BCUT2D eigenvalue weighted by atomic mass is 9.92. The van der Waals surface area contributed by atoms with Crippen molar-refractivity contribution in [3.8, 4) is 5.88 Å². The average Bonchev–Trinajstić information content (AvgIpc) is 2.69. The van der Waals surface area contributed by atoms with Crippen molar-refractivity contribution in [2.75, 3.05) is 32.6 Å². The summed E-state index contributed by atoms with van der Waals surface area (Å²) in [6, 6.07) is 1.70. The minimum absolute atomic E-state index is 0.0333. The number of amides is 2. The van der Waals surface area contributed by atoms with E-state index in [0.717, 1.165) is 0 Å². The largest absolute Gasteiger partial charge is 0.475 e. The molecule has 9 nitrogen and oxygen atoms in total. The van der Waals surface area contributed by atoms with Crippen molar-refractivity contribution in [3.05, 3.63) is 41.0 Å². The Morgan fingerprint density at radius 1 is 1.15 bits per heavy atom. The van der Waals surface area contributed by atoms with E-state index in [9.17, 15) is 17.6 Å². The number of ether oxygens (including phenoxy) is 1. The lowest BCUT2D eigenvalue weighted by Crippen LogP contribution is -2.36. The summed E-state index contributed by atoms with van der Waals surface area (Å²) in [5.41, 5.74) is 1.64. The summed E-state index contributed by atoms with van der Waals surface area (Å²) in [5, 5.41) is 2.18. The highest BCUT2D eigenvalue weighted by molar-refractivity contribution is 7.90. The first-order chi connectivity index (χ1) is 15.3. The van der Waals surface area contributed by atoms with Crippen molar-refractivity contribution in [3.63, 3.8) is 0 Å². The molecular formula is C22H32FN5O4S. The van der Waals surface area contributed by atoms with Crippen LogP contribution in [0.5, 0.6) is 5.88 Å². The molecule has 2 rings (SSSR count). The van der Waals surface area contributed by atoms with Crippen molar-refractivity contribution >= 4 is 21.7 Å². The van der Waals surface area contributed by atoms with Gasteiger partial charge in [0.25, 0.3) is 10.0 Å². The number of sulfonamides is 1. The van der Waals surface area contributed by atoms with E-state index in [0.29, 0.717) is 30.0 Å². The first-order valence-electron chi connectivity index (χ1n) is 10.6. The summed E-state index contributed by atoms with van der Waals surface area (Å²) in [6.45, 7) is 9.81. The Labute approximate surface area is 194 Å². The molecule has 1 aromatic heterocycles. The third-order valence-electron chi connectivity index (χ3n) is 4.81. The number of urea groups is 1. The molecular weight excluding hydrogens is 449 g/mol. The normalized spacial score (nSPS) is 11.8. The number of hydrogen-bond acceptors (Lipinski definition) is 7. The van der Waals surface area contributed by atoms with Crippen LogP contribution in [0.25, 0.3) is 0 Å². The van der Waals surface area contributed by atoms with Crippen molar-refractivity contribution < 1.29 is 22.3 Å². The highest BCUT2D eigenvalue weighted by Crippen LogP contribution is 2.33. The van der Waals surface area contributed by atoms with Crippen molar-refractivity contribution in [1.82, 2.24) is 19.6 Å². The van der Waals surface area contributed by atoms with Crippen LogP contribution in [0.4, 0.5) is 14.9 Å². The van der Waals surface area contributed by atoms with Gasteiger partial charge in [0.05, 0.1) is 11.9 Å². The Balaban J connectivity index is 2.29. The number of rotatable bonds is 9. The van der Waals surface area contributed by atoms with Crippen molar-refractivity contribution in [2.45, 2.75) is 51.5 Å². The molecule has 0 unspecified atom stereocenters. The van der Waals surface area contributed by atoms with Gasteiger partial charge in [-0.2, -0.15) is 13.4 Å². The molecule has 0 atom stereocenters. The molecule has 11 heteroatoms. The molecule has 182 valence electrons. The highest BCUT2D eigenvalue weighted by atomic mass is 32.2. The fourth-order valence-electron chi connectivity index (χ4n) is 3.09. The Morgan fingerprint density at radius 2 is 1.73 bits per heavy atom. The monoisotopic (exact) mass is 481 g/mol. The lowest BCUT2D eigenvalue weighted by molar-refractivity contribution is 0.251. The Morgan fingerprint density at radius 3 is 2.24 bits per heavy atom. The number of carbonyl (C=O) groups excluding carboxylic acids is 1. The molecule has 1 aromatic carbocycles. The number of likely N-dealkylation sites (N-methyl/N-ethyl adjacent to an activating group) is 1. The first kappa shape index (κ1) is 26.5. The van der Waals surface area contributed by atoms with Gasteiger partial charge in [-0.1, -0.05) is 27.7 Å². The van der Waals surface area contributed by atoms with Crippen LogP contribution in [0.1, 0.15) is 56.4 Å². The number of halogens is 1. The van der Waals surface area contributed by atoms with E-state index in [4.69, 9.17) is 4.74 Å². The lowest BCUT2D eigenvalue weighted by Gasteiger charge is -2.20. The number of aromatic nitrogens is 2. The SMILES string of the molecule is Cc1ncc(OCCN(C)C)nc1S(=O)(=O)NC(=O)Nc1c(C(C)C)cc(F)cc1C(C)C. The predicted octanol–water partition coefficient (Wildman–Crippen LogP) is 3.62. The number of benzene rings is 1. The number of aryl methyl sites for hydroxylation is 1. The van der Waals surface area contributed by atoms with Crippen molar-refractivity contribution in [2.24, 2.45) is 0 Å². The van der Waals surface area contributed by atoms with Gasteiger partial charge in [0.2, 0.25) is 10.9 Å². The van der Waals surface area contributed by atoms with Gasteiger partial charge in [0.15, 0.2) is 0 Å². The zero-order chi connectivity index (χ0) is 24.9. The molecule has 0 radical (unpaired) electrons. The number of anilines is 1. The molecule has 0 bridgehead atoms. The highest BCUT2D eigenvalue weighted by Gasteiger charge is 2.25. The van der Waals surface area contributed by atoms with Crippen LogP contribution in [0.3, 0.4) is 0 Å². The third-order valence-corrected chi connectivity index (χ3v) is 6.16. The molecule has 1 heterocycles. The van der Waals surface area contributed by atoms with Crippen LogP contribution < -0.4 is 14.8 Å². The predicted molar refractivity (Wildman–Crippen MR) is 125 cm³/mol. The van der Waals surface area contributed by atoms with Gasteiger partial charge >= 0.3 is 6.03 Å². The van der Waals surface area contributed by atoms with Gasteiger partial charge < -0.3 is 15.0 Å². The topological polar surface area (TPSA) is 114 Å². The molecule has 0 aliphatic heterocycles. The van der Waals surface area contributed by atoms with Gasteiger partial charge in [0.1, 0.15) is 12.4 Å². The second-order valence-electron chi connectivity index (χ2n) is 8.58. The molecule has 0 saturated heterocycles. The van der Waals surface area contributed by atoms with E-state index < -0.39 is 26.9 Å². The molecule has 2 aromatic rings. The zero-order valence-electron chi connectivity index (χ0n) is 20.1. The van der Waals surface area contributed by atoms with Gasteiger partial charge in [-0.25, -0.2) is 13.9 Å². The summed E-state index contributed by atoms with van der Waals surface area (Å²) in [5.74, 6) is -0.590. The summed E-state index contributed by atoms with van der Waals surface area (Å²) in [4.78, 5) is 22.6. The maximum absolute atomic E-state index is 14.1. The average molecular weight is 482 g/mol. The number of nitrogens with zero attached hydrogens (tertiary/aromatic N) is 3. The smallest absolute Gasteiger partial charge is 0.333 e. The number of hydrogen-bond donors (Lipinski definition) is 2.